The fraction of sp³-hybridized carbons (Fsp3) is 0.355. The van der Waals surface area contributed by atoms with Gasteiger partial charge in [0.2, 0.25) is 11.7 Å². The molecule has 12 nitrogen and oxygen atoms in total. The molecule has 3 aliphatic carbocycles. The quantitative estimate of drug-likeness (QED) is 0.269. The number of phenols is 1. The summed E-state index contributed by atoms with van der Waals surface area (Å²) >= 11 is 0. The van der Waals surface area contributed by atoms with Gasteiger partial charge < -0.3 is 35.7 Å². The van der Waals surface area contributed by atoms with Crippen molar-refractivity contribution >= 4 is 29.1 Å². The van der Waals surface area contributed by atoms with Crippen LogP contribution >= 0.6 is 0 Å². The van der Waals surface area contributed by atoms with Crippen LogP contribution in [0, 0.1) is 11.8 Å². The molecule has 0 aromatic heterocycles. The fourth-order valence-electron chi connectivity index (χ4n) is 6.74. The van der Waals surface area contributed by atoms with Crippen molar-refractivity contribution in [2.45, 2.75) is 24.5 Å². The Kier molecular flexibility index (Phi) is 7.41. The van der Waals surface area contributed by atoms with Crippen molar-refractivity contribution in [2.75, 3.05) is 40.1 Å². The molecule has 226 valence electrons. The Morgan fingerprint density at radius 2 is 1.74 bits per heavy atom. The first kappa shape index (κ1) is 30.0. The number of carbonyl (C=O) groups is 4. The van der Waals surface area contributed by atoms with Crippen molar-refractivity contribution in [1.29, 1.82) is 0 Å². The van der Waals surface area contributed by atoms with E-state index >= 15 is 0 Å². The van der Waals surface area contributed by atoms with Gasteiger partial charge in [0.1, 0.15) is 22.8 Å². The molecule has 0 saturated carbocycles. The highest BCUT2D eigenvalue weighted by molar-refractivity contribution is 6.23. The van der Waals surface area contributed by atoms with E-state index in [0.717, 1.165) is 0 Å². The lowest BCUT2D eigenvalue weighted by Crippen LogP contribution is -2.63. The summed E-state index contributed by atoms with van der Waals surface area (Å²) < 4.78 is 0. The molecule has 1 amide bonds. The van der Waals surface area contributed by atoms with Crippen LogP contribution in [-0.2, 0) is 20.8 Å². The molecule has 43 heavy (non-hydrogen) atoms. The number of benzene rings is 2. The molecule has 0 bridgehead atoms. The minimum Gasteiger partial charge on any atom is -0.510 e. The number of anilines is 1. The number of phenolic OH excluding ortho intramolecular Hbond substituents is 1. The van der Waals surface area contributed by atoms with E-state index in [1.807, 2.05) is 0 Å². The maximum absolute atomic E-state index is 13.9. The Morgan fingerprint density at radius 3 is 2.37 bits per heavy atom. The minimum atomic E-state index is -2.78. The number of aliphatic carboxylic acids is 1. The van der Waals surface area contributed by atoms with Crippen LogP contribution in [0.15, 0.2) is 59.1 Å². The van der Waals surface area contributed by atoms with Gasteiger partial charge in [0, 0.05) is 17.2 Å². The summed E-state index contributed by atoms with van der Waals surface area (Å²) in [6, 6.07) is 8.83. The summed E-state index contributed by atoms with van der Waals surface area (Å²) in [6.07, 6.45) is 0.0704. The number of carbonyl (C=O) groups excluding carboxylic acids is 3. The maximum Gasteiger partial charge on any atom is 0.342 e. The van der Waals surface area contributed by atoms with Crippen LogP contribution in [0.3, 0.4) is 0 Å². The van der Waals surface area contributed by atoms with Crippen LogP contribution in [0.2, 0.25) is 0 Å². The maximum atomic E-state index is 13.9. The van der Waals surface area contributed by atoms with Crippen LogP contribution in [0.4, 0.5) is 5.69 Å². The van der Waals surface area contributed by atoms with Crippen LogP contribution in [0.1, 0.15) is 22.3 Å². The van der Waals surface area contributed by atoms with Gasteiger partial charge in [-0.2, -0.15) is 0 Å². The molecule has 0 aliphatic heterocycles. The van der Waals surface area contributed by atoms with Gasteiger partial charge in [0.15, 0.2) is 11.4 Å². The summed E-state index contributed by atoms with van der Waals surface area (Å²) in [5.74, 6) is -8.18. The number of aliphatic hydroxyl groups excluding tert-OH is 2. The van der Waals surface area contributed by atoms with Gasteiger partial charge in [-0.25, -0.2) is 4.79 Å². The number of carboxylic acids is 1. The lowest BCUT2D eigenvalue weighted by atomic mass is 9.58. The van der Waals surface area contributed by atoms with Crippen molar-refractivity contribution in [2.24, 2.45) is 11.8 Å². The molecule has 0 spiro atoms. The van der Waals surface area contributed by atoms with Crippen LogP contribution < -0.4 is 5.32 Å². The number of hydrogen-bond acceptors (Lipinski definition) is 10. The predicted molar refractivity (Wildman–Crippen MR) is 155 cm³/mol. The second-order valence-corrected chi connectivity index (χ2v) is 11.8. The molecule has 0 heterocycles. The number of Topliss-reactive ketones (excluding diaryl/α,β-unsaturated/α-hetero) is 2. The average molecular weight is 592 g/mol. The third kappa shape index (κ3) is 4.67. The second-order valence-electron chi connectivity index (χ2n) is 11.8. The standard InChI is InChI=1S/C31H33N3O9/c1-33(2)13-21(36)32-16-7-5-6-14(10-16)17-8-9-20(35)23-18(17)11-15-12-19-25(34(3)4)27(38)24(30(41)42)29(40)31(19,43)28(39)22(15)26(23)37/h5-10,15,19,25,35,38-39,43H,11-13H2,1-4H3,(H,32,36)(H,41,42)/t15-,19-,25-,31-/m0/s1. The van der Waals surface area contributed by atoms with E-state index in [4.69, 9.17) is 0 Å². The molecule has 0 unspecified atom stereocenters. The summed E-state index contributed by atoms with van der Waals surface area (Å²) in [5.41, 5.74) is -1.97. The average Bonchev–Trinajstić information content (AvgIpc) is 2.90. The Morgan fingerprint density at radius 1 is 1.05 bits per heavy atom. The summed E-state index contributed by atoms with van der Waals surface area (Å²) in [4.78, 5) is 54.8. The highest BCUT2D eigenvalue weighted by atomic mass is 16.4. The summed E-state index contributed by atoms with van der Waals surface area (Å²) in [5, 5.41) is 57.3. The first-order valence-corrected chi connectivity index (χ1v) is 13.7. The van der Waals surface area contributed by atoms with Crippen molar-refractivity contribution < 1.29 is 44.7 Å². The summed E-state index contributed by atoms with van der Waals surface area (Å²) in [7, 11) is 6.62. The number of amides is 1. The Hall–Kier alpha value is -4.52. The predicted octanol–water partition coefficient (Wildman–Crippen LogP) is 1.89. The number of carboxylic acid groups (broad SMARTS) is 1. The van der Waals surface area contributed by atoms with Crippen LogP contribution in [0.25, 0.3) is 11.1 Å². The van der Waals surface area contributed by atoms with Gasteiger partial charge in [-0.05, 0) is 81.8 Å². The second kappa shape index (κ2) is 10.6. The Balaban J connectivity index is 1.63. The number of rotatable bonds is 6. The number of nitrogens with zero attached hydrogens (tertiary/aromatic N) is 2. The zero-order valence-electron chi connectivity index (χ0n) is 24.1. The van der Waals surface area contributed by atoms with E-state index in [2.05, 4.69) is 5.32 Å². The largest absolute Gasteiger partial charge is 0.510 e. The first-order valence-electron chi connectivity index (χ1n) is 13.7. The number of aromatic hydroxyl groups is 1. The smallest absolute Gasteiger partial charge is 0.342 e. The molecule has 4 atom stereocenters. The summed E-state index contributed by atoms with van der Waals surface area (Å²) in [6.45, 7) is 0.177. The molecular weight excluding hydrogens is 558 g/mol. The minimum absolute atomic E-state index is 0.0532. The number of likely N-dealkylation sites (N-methyl/N-ethyl adjacent to an activating group) is 2. The van der Waals surface area contributed by atoms with Gasteiger partial charge in [0.25, 0.3) is 0 Å². The Labute approximate surface area is 247 Å². The normalized spacial score (nSPS) is 25.0. The number of aliphatic hydroxyl groups is 3. The molecule has 0 radical (unpaired) electrons. The van der Waals surface area contributed by atoms with Gasteiger partial charge in [0.05, 0.1) is 18.2 Å². The zero-order valence-corrected chi connectivity index (χ0v) is 24.1. The van der Waals surface area contributed by atoms with Gasteiger partial charge >= 0.3 is 5.97 Å². The van der Waals surface area contributed by atoms with Crippen LogP contribution in [0.5, 0.6) is 5.75 Å². The zero-order chi connectivity index (χ0) is 31.5. The molecule has 0 saturated heterocycles. The van der Waals surface area contributed by atoms with E-state index in [1.165, 1.54) is 25.1 Å². The topological polar surface area (TPSA) is 188 Å². The first-order chi connectivity index (χ1) is 20.2. The van der Waals surface area contributed by atoms with Gasteiger partial charge in [-0.15, -0.1) is 0 Å². The number of ketones is 2. The third-order valence-corrected chi connectivity index (χ3v) is 8.49. The number of fused-ring (bicyclic) bond motifs is 3. The molecule has 6 N–H and O–H groups in total. The fourth-order valence-corrected chi connectivity index (χ4v) is 6.74. The van der Waals surface area contributed by atoms with E-state index in [0.29, 0.717) is 22.4 Å². The third-order valence-electron chi connectivity index (χ3n) is 8.49. The lowest BCUT2D eigenvalue weighted by Gasteiger charge is -2.50. The monoisotopic (exact) mass is 591 g/mol. The molecule has 5 rings (SSSR count). The van der Waals surface area contributed by atoms with Crippen LogP contribution in [-0.4, -0.2) is 105 Å². The van der Waals surface area contributed by atoms with Crippen molar-refractivity contribution in [3.63, 3.8) is 0 Å². The van der Waals surface area contributed by atoms with Crippen molar-refractivity contribution in [3.05, 3.63) is 70.2 Å². The highest BCUT2D eigenvalue weighted by Crippen LogP contribution is 2.53. The number of hydrogen-bond donors (Lipinski definition) is 6. The highest BCUT2D eigenvalue weighted by Gasteiger charge is 2.63. The number of nitrogens with one attached hydrogen (secondary N) is 1. The molecule has 12 heteroatoms. The number of allylic oxidation sites excluding steroid dienone is 1. The van der Waals surface area contributed by atoms with E-state index < -0.39 is 58.1 Å². The SMILES string of the molecule is CN(C)CC(=O)Nc1cccc(-c2ccc(O)c3c2C[C@H]2C[C@H]4[C@H](N(C)C)C(O)=C(C(=O)O)C(=O)[C@@]4(O)C(O)=C2C3=O)c1. The van der Waals surface area contributed by atoms with E-state index in [-0.39, 0.29) is 42.2 Å². The molecule has 2 aromatic carbocycles. The molecule has 0 fully saturated rings. The van der Waals surface area contributed by atoms with E-state index in [9.17, 15) is 44.7 Å². The Bertz CT molecular complexity index is 1640. The van der Waals surface area contributed by atoms with Gasteiger partial charge in [-0.3, -0.25) is 19.3 Å². The molecular formula is C31H33N3O9. The van der Waals surface area contributed by atoms with Gasteiger partial charge in [-0.1, -0.05) is 18.2 Å². The molecule has 3 aliphatic rings. The van der Waals surface area contributed by atoms with Crippen molar-refractivity contribution in [3.8, 4) is 16.9 Å². The molecule has 2 aromatic rings. The van der Waals surface area contributed by atoms with E-state index in [1.54, 1.807) is 49.3 Å². The lowest BCUT2D eigenvalue weighted by molar-refractivity contribution is -0.151. The van der Waals surface area contributed by atoms with Crippen molar-refractivity contribution in [1.82, 2.24) is 9.80 Å².